The number of carbonyl (C=O) groups excluding carboxylic acids is 1. The molecule has 2 heterocycles. The molecule has 8 heteroatoms. The average Bonchev–Trinajstić information content (AvgIpc) is 2.76. The Morgan fingerprint density at radius 2 is 2.00 bits per heavy atom. The van der Waals surface area contributed by atoms with E-state index in [1.54, 1.807) is 0 Å². The SMILES string of the molecule is NC(=O)c1cnc(N)c2c1sc1cc(C(F)(F)F)ccc12. The number of nitrogens with zero attached hydrogens (tertiary/aromatic N) is 1. The summed E-state index contributed by atoms with van der Waals surface area (Å²) in [4.78, 5) is 15.3. The third-order valence-electron chi connectivity index (χ3n) is 3.12. The Bertz CT molecular complexity index is 886. The molecule has 0 radical (unpaired) electrons. The van der Waals surface area contributed by atoms with E-state index in [-0.39, 0.29) is 11.4 Å². The monoisotopic (exact) mass is 311 g/mol. The van der Waals surface area contributed by atoms with Gasteiger partial charge in [-0.3, -0.25) is 4.79 Å². The van der Waals surface area contributed by atoms with Gasteiger partial charge in [0.1, 0.15) is 5.82 Å². The zero-order chi connectivity index (χ0) is 15.4. The standard InChI is InChI=1S/C13H8F3N3OS/c14-13(15,16)5-1-2-6-8(3-5)21-10-7(12(18)20)4-19-11(17)9(6)10/h1-4H,(H2,17,19)(H2,18,20). The first-order chi connectivity index (χ1) is 9.79. The van der Waals surface area contributed by atoms with E-state index in [9.17, 15) is 18.0 Å². The molecule has 2 aromatic heterocycles. The highest BCUT2D eigenvalue weighted by atomic mass is 32.1. The van der Waals surface area contributed by atoms with E-state index in [4.69, 9.17) is 11.5 Å². The van der Waals surface area contributed by atoms with Gasteiger partial charge < -0.3 is 11.5 Å². The van der Waals surface area contributed by atoms with Gasteiger partial charge in [-0.15, -0.1) is 11.3 Å². The Labute approximate surface area is 120 Å². The number of thiophene rings is 1. The number of nitrogens with two attached hydrogens (primary N) is 2. The van der Waals surface area contributed by atoms with E-state index in [2.05, 4.69) is 4.98 Å². The molecule has 0 fully saturated rings. The molecule has 0 atom stereocenters. The van der Waals surface area contributed by atoms with Gasteiger partial charge in [0, 0.05) is 21.7 Å². The van der Waals surface area contributed by atoms with Crippen LogP contribution in [-0.4, -0.2) is 10.9 Å². The molecule has 4 nitrogen and oxygen atoms in total. The first-order valence-corrected chi connectivity index (χ1v) is 6.58. The maximum atomic E-state index is 12.8. The van der Waals surface area contributed by atoms with Crippen LogP contribution in [0, 0.1) is 0 Å². The number of fused-ring (bicyclic) bond motifs is 3. The number of nitrogen functional groups attached to an aromatic ring is 1. The molecule has 0 bridgehead atoms. The number of pyridine rings is 1. The minimum Gasteiger partial charge on any atom is -0.383 e. The number of rotatable bonds is 1. The van der Waals surface area contributed by atoms with E-state index in [1.165, 1.54) is 12.3 Å². The normalized spacial score (nSPS) is 12.1. The van der Waals surface area contributed by atoms with Crippen molar-refractivity contribution in [3.63, 3.8) is 0 Å². The van der Waals surface area contributed by atoms with Crippen LogP contribution in [0.15, 0.2) is 24.4 Å². The summed E-state index contributed by atoms with van der Waals surface area (Å²) < 4.78 is 39.1. The van der Waals surface area contributed by atoms with Crippen LogP contribution < -0.4 is 11.5 Å². The van der Waals surface area contributed by atoms with E-state index in [0.717, 1.165) is 23.5 Å². The number of anilines is 1. The van der Waals surface area contributed by atoms with E-state index >= 15 is 0 Å². The Balaban J connectivity index is 2.42. The van der Waals surface area contributed by atoms with Crippen LogP contribution in [0.2, 0.25) is 0 Å². The summed E-state index contributed by atoms with van der Waals surface area (Å²) in [6.45, 7) is 0. The molecule has 21 heavy (non-hydrogen) atoms. The van der Waals surface area contributed by atoms with Crippen LogP contribution in [0.4, 0.5) is 19.0 Å². The zero-order valence-corrected chi connectivity index (χ0v) is 11.2. The maximum absolute atomic E-state index is 12.8. The van der Waals surface area contributed by atoms with Gasteiger partial charge in [0.05, 0.1) is 15.8 Å². The molecule has 0 unspecified atom stereocenters. The lowest BCUT2D eigenvalue weighted by atomic mass is 10.1. The predicted octanol–water partition coefficient (Wildman–Crippen LogP) is 3.15. The Morgan fingerprint density at radius 3 is 2.62 bits per heavy atom. The van der Waals surface area contributed by atoms with Crippen molar-refractivity contribution in [3.05, 3.63) is 35.5 Å². The van der Waals surface area contributed by atoms with Gasteiger partial charge in [0.15, 0.2) is 0 Å². The molecular formula is C13H8F3N3OS. The first-order valence-electron chi connectivity index (χ1n) is 5.77. The number of benzene rings is 1. The minimum absolute atomic E-state index is 0.147. The largest absolute Gasteiger partial charge is 0.416 e. The molecule has 0 spiro atoms. The summed E-state index contributed by atoms with van der Waals surface area (Å²) in [6, 6.07) is 3.34. The number of alkyl halides is 3. The molecule has 0 aliphatic heterocycles. The maximum Gasteiger partial charge on any atom is 0.416 e. The van der Waals surface area contributed by atoms with Crippen molar-refractivity contribution < 1.29 is 18.0 Å². The van der Waals surface area contributed by atoms with Crippen LogP contribution in [0.5, 0.6) is 0 Å². The molecule has 3 aromatic rings. The van der Waals surface area contributed by atoms with Gasteiger partial charge in [-0.1, -0.05) is 6.07 Å². The smallest absolute Gasteiger partial charge is 0.383 e. The second kappa shape index (κ2) is 4.32. The second-order valence-electron chi connectivity index (χ2n) is 4.44. The first kappa shape index (κ1) is 13.6. The summed E-state index contributed by atoms with van der Waals surface area (Å²) in [6.07, 6.45) is -3.19. The van der Waals surface area contributed by atoms with Gasteiger partial charge >= 0.3 is 6.18 Å². The van der Waals surface area contributed by atoms with Crippen molar-refractivity contribution in [3.8, 4) is 0 Å². The molecule has 3 rings (SSSR count). The quantitative estimate of drug-likeness (QED) is 0.724. The fourth-order valence-electron chi connectivity index (χ4n) is 2.15. The molecule has 108 valence electrons. The molecule has 4 N–H and O–H groups in total. The number of hydrogen-bond acceptors (Lipinski definition) is 4. The summed E-state index contributed by atoms with van der Waals surface area (Å²) >= 11 is 1.04. The van der Waals surface area contributed by atoms with Crippen LogP contribution in [0.1, 0.15) is 15.9 Å². The number of halogens is 3. The summed E-state index contributed by atoms with van der Waals surface area (Å²) in [5.41, 5.74) is 10.4. The zero-order valence-electron chi connectivity index (χ0n) is 10.4. The lowest BCUT2D eigenvalue weighted by molar-refractivity contribution is -0.137. The van der Waals surface area contributed by atoms with Gasteiger partial charge in [0.2, 0.25) is 0 Å². The van der Waals surface area contributed by atoms with Crippen LogP contribution in [-0.2, 0) is 6.18 Å². The number of primary amides is 1. The van der Waals surface area contributed by atoms with Crippen molar-refractivity contribution in [1.82, 2.24) is 4.98 Å². The number of amides is 1. The summed E-state index contributed by atoms with van der Waals surface area (Å²) in [5, 5.41) is 0.983. The number of carbonyl (C=O) groups is 1. The third kappa shape index (κ3) is 2.07. The van der Waals surface area contributed by atoms with Crippen LogP contribution >= 0.6 is 11.3 Å². The highest BCUT2D eigenvalue weighted by Gasteiger charge is 2.31. The van der Waals surface area contributed by atoms with Crippen molar-refractivity contribution in [2.75, 3.05) is 5.73 Å². The van der Waals surface area contributed by atoms with E-state index in [0.29, 0.717) is 20.2 Å². The van der Waals surface area contributed by atoms with Gasteiger partial charge in [0.25, 0.3) is 5.91 Å². The molecule has 0 saturated heterocycles. The Morgan fingerprint density at radius 1 is 1.29 bits per heavy atom. The highest BCUT2D eigenvalue weighted by Crippen LogP contribution is 2.40. The van der Waals surface area contributed by atoms with Crippen molar-refractivity contribution in [2.24, 2.45) is 5.73 Å². The molecule has 0 aliphatic carbocycles. The highest BCUT2D eigenvalue weighted by molar-refractivity contribution is 7.26. The minimum atomic E-state index is -4.43. The van der Waals surface area contributed by atoms with Crippen molar-refractivity contribution in [2.45, 2.75) is 6.18 Å². The Kier molecular flexibility index (Phi) is 2.80. The molecule has 1 aromatic carbocycles. The van der Waals surface area contributed by atoms with Crippen molar-refractivity contribution in [1.29, 1.82) is 0 Å². The number of aromatic nitrogens is 1. The van der Waals surface area contributed by atoms with Gasteiger partial charge in [-0.25, -0.2) is 4.98 Å². The fraction of sp³-hybridized carbons (Fsp3) is 0.0769. The summed E-state index contributed by atoms with van der Waals surface area (Å²) in [7, 11) is 0. The molecule has 0 aliphatic rings. The van der Waals surface area contributed by atoms with Crippen LogP contribution in [0.3, 0.4) is 0 Å². The topological polar surface area (TPSA) is 82.0 Å². The fourth-order valence-corrected chi connectivity index (χ4v) is 3.42. The van der Waals surface area contributed by atoms with Crippen molar-refractivity contribution >= 4 is 43.2 Å². The van der Waals surface area contributed by atoms with Crippen LogP contribution in [0.25, 0.3) is 20.2 Å². The number of hydrogen-bond donors (Lipinski definition) is 2. The second-order valence-corrected chi connectivity index (χ2v) is 5.49. The van der Waals surface area contributed by atoms with Gasteiger partial charge in [-0.2, -0.15) is 13.2 Å². The Hall–Kier alpha value is -2.35. The average molecular weight is 311 g/mol. The summed E-state index contributed by atoms with van der Waals surface area (Å²) in [5.74, 6) is -0.545. The van der Waals surface area contributed by atoms with E-state index < -0.39 is 17.6 Å². The third-order valence-corrected chi connectivity index (χ3v) is 4.30. The molecule has 0 saturated carbocycles. The van der Waals surface area contributed by atoms with E-state index in [1.807, 2.05) is 0 Å². The van der Waals surface area contributed by atoms with Gasteiger partial charge in [-0.05, 0) is 12.1 Å². The molecule has 1 amide bonds. The molecular weight excluding hydrogens is 303 g/mol. The lowest BCUT2D eigenvalue weighted by Crippen LogP contribution is -2.11. The predicted molar refractivity (Wildman–Crippen MR) is 75.1 cm³/mol. The lowest BCUT2D eigenvalue weighted by Gasteiger charge is -2.05.